The van der Waals surface area contributed by atoms with E-state index in [1.807, 2.05) is 5.38 Å². The van der Waals surface area contributed by atoms with E-state index in [1.54, 1.807) is 19.1 Å². The minimum absolute atomic E-state index is 0.128. The Kier molecular flexibility index (Phi) is 6.02. The predicted octanol–water partition coefficient (Wildman–Crippen LogP) is 3.47. The number of thioether (sulfide) groups is 1. The van der Waals surface area contributed by atoms with E-state index in [4.69, 9.17) is 0 Å². The Morgan fingerprint density at radius 2 is 2.30 bits per heavy atom. The van der Waals surface area contributed by atoms with Crippen LogP contribution in [-0.4, -0.2) is 26.2 Å². The van der Waals surface area contributed by atoms with Gasteiger partial charge in [0.2, 0.25) is 5.91 Å². The van der Waals surface area contributed by atoms with Gasteiger partial charge in [0.25, 0.3) is 5.56 Å². The molecule has 0 spiro atoms. The molecule has 142 valence electrons. The number of fused-ring (bicyclic) bond motifs is 1. The molecule has 2 aromatic heterocycles. The first-order valence-corrected chi connectivity index (χ1v) is 10.7. The molecule has 1 amide bonds. The minimum atomic E-state index is -0.768. The van der Waals surface area contributed by atoms with Crippen LogP contribution < -0.4 is 10.9 Å². The third-order valence-electron chi connectivity index (χ3n) is 4.80. The summed E-state index contributed by atoms with van der Waals surface area (Å²) in [5.74, 6) is -0.200. The van der Waals surface area contributed by atoms with Crippen LogP contribution in [0.1, 0.15) is 39.0 Å². The van der Waals surface area contributed by atoms with Gasteiger partial charge in [-0.2, -0.15) is 5.26 Å². The highest BCUT2D eigenvalue weighted by Crippen LogP contribution is 2.29. The molecule has 2 aromatic rings. The van der Waals surface area contributed by atoms with Crippen molar-refractivity contribution in [3.63, 3.8) is 0 Å². The van der Waals surface area contributed by atoms with Gasteiger partial charge in [-0.25, -0.2) is 4.98 Å². The maximum atomic E-state index is 12.7. The van der Waals surface area contributed by atoms with Crippen LogP contribution in [0.25, 0.3) is 10.2 Å². The van der Waals surface area contributed by atoms with Gasteiger partial charge in [-0.05, 0) is 31.2 Å². The first-order valence-electron chi connectivity index (χ1n) is 8.98. The summed E-state index contributed by atoms with van der Waals surface area (Å²) in [6, 6.07) is 4.07. The number of hydrogen-bond donors (Lipinski definition) is 1. The normalized spacial score (nSPS) is 17.2. The van der Waals surface area contributed by atoms with Crippen LogP contribution in [0.4, 0.5) is 0 Å². The standard InChI is InChI=1S/C19H22N4O2S2/c1-3-10-23-17(25)14-7-11-26-16(14)21-18(23)27-13(2)15(24)22-19(12-20)8-5-4-6-9-19/h3,7,11,13H,1,4-6,8-10H2,2H3,(H,22,24). The first-order chi connectivity index (χ1) is 13.0. The second-order valence-corrected chi connectivity index (χ2v) is 8.94. The molecule has 1 fully saturated rings. The molecule has 0 aliphatic heterocycles. The van der Waals surface area contributed by atoms with Crippen molar-refractivity contribution < 1.29 is 4.79 Å². The van der Waals surface area contributed by atoms with Crippen molar-refractivity contribution in [3.05, 3.63) is 34.5 Å². The molecule has 1 saturated carbocycles. The Morgan fingerprint density at radius 3 is 2.96 bits per heavy atom. The van der Waals surface area contributed by atoms with Gasteiger partial charge in [0.15, 0.2) is 5.16 Å². The number of hydrogen-bond acceptors (Lipinski definition) is 6. The van der Waals surface area contributed by atoms with E-state index >= 15 is 0 Å². The SMILES string of the molecule is C=CCn1c(SC(C)C(=O)NC2(C#N)CCCCC2)nc2sccc2c1=O. The molecule has 8 heteroatoms. The van der Waals surface area contributed by atoms with Gasteiger partial charge in [0.05, 0.1) is 16.7 Å². The van der Waals surface area contributed by atoms with E-state index in [0.29, 0.717) is 34.8 Å². The number of carbonyl (C=O) groups is 1. The molecule has 0 aromatic carbocycles. The predicted molar refractivity (Wildman–Crippen MR) is 109 cm³/mol. The molecular weight excluding hydrogens is 380 g/mol. The highest BCUT2D eigenvalue weighted by molar-refractivity contribution is 8.00. The van der Waals surface area contributed by atoms with Gasteiger partial charge >= 0.3 is 0 Å². The summed E-state index contributed by atoms with van der Waals surface area (Å²) in [6.45, 7) is 5.81. The molecule has 6 nitrogen and oxygen atoms in total. The largest absolute Gasteiger partial charge is 0.337 e. The van der Waals surface area contributed by atoms with Crippen LogP contribution in [0.3, 0.4) is 0 Å². The number of rotatable bonds is 6. The monoisotopic (exact) mass is 402 g/mol. The fraction of sp³-hybridized carbons (Fsp3) is 0.474. The molecule has 3 rings (SSSR count). The van der Waals surface area contributed by atoms with Crippen molar-refractivity contribution in [2.45, 2.75) is 61.5 Å². The summed E-state index contributed by atoms with van der Waals surface area (Å²) in [4.78, 5) is 30.7. The lowest BCUT2D eigenvalue weighted by Gasteiger charge is -2.32. The van der Waals surface area contributed by atoms with Crippen molar-refractivity contribution in [2.75, 3.05) is 0 Å². The Bertz CT molecular complexity index is 951. The molecule has 1 aliphatic rings. The van der Waals surface area contributed by atoms with Gasteiger partial charge < -0.3 is 5.32 Å². The summed E-state index contributed by atoms with van der Waals surface area (Å²) in [5, 5.41) is 14.9. The van der Waals surface area contributed by atoms with E-state index < -0.39 is 10.8 Å². The third kappa shape index (κ3) is 4.09. The smallest absolute Gasteiger partial charge is 0.263 e. The van der Waals surface area contributed by atoms with E-state index in [1.165, 1.54) is 27.7 Å². The zero-order chi connectivity index (χ0) is 19.4. The van der Waals surface area contributed by atoms with Crippen LogP contribution >= 0.6 is 23.1 Å². The van der Waals surface area contributed by atoms with Gasteiger partial charge in [-0.15, -0.1) is 17.9 Å². The molecule has 0 bridgehead atoms. The topological polar surface area (TPSA) is 87.8 Å². The van der Waals surface area contributed by atoms with E-state index in [9.17, 15) is 14.9 Å². The van der Waals surface area contributed by atoms with E-state index in [0.717, 1.165) is 19.3 Å². The van der Waals surface area contributed by atoms with Crippen molar-refractivity contribution in [1.29, 1.82) is 5.26 Å². The van der Waals surface area contributed by atoms with Crippen LogP contribution in [0.2, 0.25) is 0 Å². The Hall–Kier alpha value is -2.11. The highest BCUT2D eigenvalue weighted by Gasteiger charge is 2.35. The molecule has 1 unspecified atom stereocenters. The fourth-order valence-corrected chi connectivity index (χ4v) is 5.00. The fourth-order valence-electron chi connectivity index (χ4n) is 3.28. The van der Waals surface area contributed by atoms with Gasteiger partial charge in [0, 0.05) is 6.54 Å². The Morgan fingerprint density at radius 1 is 1.56 bits per heavy atom. The highest BCUT2D eigenvalue weighted by atomic mass is 32.2. The summed E-state index contributed by atoms with van der Waals surface area (Å²) in [7, 11) is 0. The lowest BCUT2D eigenvalue weighted by Crippen LogP contribution is -2.51. The minimum Gasteiger partial charge on any atom is -0.337 e. The molecule has 1 aliphatic carbocycles. The van der Waals surface area contributed by atoms with Crippen molar-refractivity contribution in [2.24, 2.45) is 0 Å². The number of aromatic nitrogens is 2. The Balaban J connectivity index is 1.82. The number of amides is 1. The second-order valence-electron chi connectivity index (χ2n) is 6.74. The molecule has 27 heavy (non-hydrogen) atoms. The van der Waals surface area contributed by atoms with Crippen molar-refractivity contribution in [3.8, 4) is 6.07 Å². The van der Waals surface area contributed by atoms with Gasteiger partial charge in [0.1, 0.15) is 10.4 Å². The number of nitriles is 1. The van der Waals surface area contributed by atoms with Crippen molar-refractivity contribution >= 4 is 39.2 Å². The van der Waals surface area contributed by atoms with Gasteiger partial charge in [-0.1, -0.05) is 37.1 Å². The average molecular weight is 403 g/mol. The molecule has 1 N–H and O–H groups in total. The lowest BCUT2D eigenvalue weighted by atomic mass is 9.83. The maximum Gasteiger partial charge on any atom is 0.263 e. The quantitative estimate of drug-likeness (QED) is 0.454. The zero-order valence-corrected chi connectivity index (χ0v) is 16.9. The Labute approximate surface area is 166 Å². The number of thiophene rings is 1. The van der Waals surface area contributed by atoms with Gasteiger partial charge in [-0.3, -0.25) is 14.2 Å². The molecule has 1 atom stereocenters. The second kappa shape index (κ2) is 8.28. The number of nitrogens with one attached hydrogen (secondary N) is 1. The number of nitrogens with zero attached hydrogens (tertiary/aromatic N) is 3. The van der Waals surface area contributed by atoms with Crippen LogP contribution in [0.5, 0.6) is 0 Å². The molecule has 2 heterocycles. The van der Waals surface area contributed by atoms with Crippen LogP contribution in [0.15, 0.2) is 34.1 Å². The first kappa shape index (κ1) is 19.6. The molecule has 0 radical (unpaired) electrons. The lowest BCUT2D eigenvalue weighted by molar-refractivity contribution is -0.121. The van der Waals surface area contributed by atoms with Crippen LogP contribution in [-0.2, 0) is 11.3 Å². The summed E-state index contributed by atoms with van der Waals surface area (Å²) < 4.78 is 1.54. The molecule has 0 saturated heterocycles. The average Bonchev–Trinajstić information content (AvgIpc) is 3.14. The van der Waals surface area contributed by atoms with E-state index in [-0.39, 0.29) is 11.5 Å². The summed E-state index contributed by atoms with van der Waals surface area (Å²) >= 11 is 2.64. The van der Waals surface area contributed by atoms with Crippen LogP contribution in [0, 0.1) is 11.3 Å². The number of allylic oxidation sites excluding steroid dienone is 1. The maximum absolute atomic E-state index is 12.7. The van der Waals surface area contributed by atoms with E-state index in [2.05, 4.69) is 22.9 Å². The number of carbonyl (C=O) groups excluding carboxylic acids is 1. The zero-order valence-electron chi connectivity index (χ0n) is 15.2. The summed E-state index contributed by atoms with van der Waals surface area (Å²) in [6.07, 6.45) is 6.01. The third-order valence-corrected chi connectivity index (χ3v) is 6.69. The van der Waals surface area contributed by atoms with Crippen molar-refractivity contribution in [1.82, 2.24) is 14.9 Å². The summed E-state index contributed by atoms with van der Waals surface area (Å²) in [5.41, 5.74) is -0.896. The molecular formula is C19H22N4O2S2.